The molecule has 154 valence electrons. The third-order valence-electron chi connectivity index (χ3n) is 6.33. The van der Waals surface area contributed by atoms with Crippen LogP contribution in [0.1, 0.15) is 59.8 Å². The minimum Gasteiger partial charge on any atom is -0.350 e. The van der Waals surface area contributed by atoms with E-state index in [9.17, 15) is 9.59 Å². The minimum absolute atomic E-state index is 0. The van der Waals surface area contributed by atoms with Crippen molar-refractivity contribution in [3.05, 3.63) is 30.2 Å². The van der Waals surface area contributed by atoms with Crippen LogP contribution in [0.2, 0.25) is 0 Å². The van der Waals surface area contributed by atoms with Crippen LogP contribution in [0, 0.1) is 16.7 Å². The fraction of sp³-hybridized carbons (Fsp3) is 0.591. The van der Waals surface area contributed by atoms with Crippen molar-refractivity contribution in [1.82, 2.24) is 20.2 Å². The normalized spacial score (nSPS) is 21.1. The standard InChI is InChI=1S/C22H30N4O2.2H2/c1-21(2,3)12-19(27)26-8-5-22(6-9-26)11-16(22)14-24-20(28)18-10-15-13-23-7-4-17(15)25-18;;/h4,7,10,13,16,25H,5-6,8-9,11-12,14H2,1-3H3,(H,24,28);2*1H. The van der Waals surface area contributed by atoms with Crippen molar-refractivity contribution in [2.45, 2.75) is 46.5 Å². The van der Waals surface area contributed by atoms with Gasteiger partial charge >= 0.3 is 0 Å². The van der Waals surface area contributed by atoms with Gasteiger partial charge in [0.1, 0.15) is 5.69 Å². The van der Waals surface area contributed by atoms with E-state index < -0.39 is 0 Å². The highest BCUT2D eigenvalue weighted by molar-refractivity contribution is 5.97. The number of carbonyl (C=O) groups is 2. The number of piperidine rings is 1. The number of rotatable bonds is 4. The predicted octanol–water partition coefficient (Wildman–Crippen LogP) is 3.85. The number of aromatic amines is 1. The number of hydrogen-bond donors (Lipinski definition) is 2. The molecule has 1 unspecified atom stereocenters. The number of aromatic nitrogens is 2. The molecule has 1 aliphatic heterocycles. The number of fused-ring (bicyclic) bond motifs is 1. The van der Waals surface area contributed by atoms with E-state index in [4.69, 9.17) is 0 Å². The lowest BCUT2D eigenvalue weighted by Crippen LogP contribution is -2.41. The van der Waals surface area contributed by atoms with Crippen molar-refractivity contribution in [2.24, 2.45) is 16.7 Å². The topological polar surface area (TPSA) is 78.1 Å². The molecule has 2 aliphatic rings. The number of pyridine rings is 1. The Bertz CT molecular complexity index is 865. The van der Waals surface area contributed by atoms with Crippen molar-refractivity contribution in [3.63, 3.8) is 0 Å². The molecule has 28 heavy (non-hydrogen) atoms. The number of nitrogens with one attached hydrogen (secondary N) is 2. The third-order valence-corrected chi connectivity index (χ3v) is 6.33. The average Bonchev–Trinajstić information content (AvgIpc) is 3.11. The molecule has 4 rings (SSSR count). The summed E-state index contributed by atoms with van der Waals surface area (Å²) in [6.45, 7) is 8.75. The summed E-state index contributed by atoms with van der Waals surface area (Å²) in [5.41, 5.74) is 1.88. The first-order valence-electron chi connectivity index (χ1n) is 10.2. The van der Waals surface area contributed by atoms with E-state index in [1.54, 1.807) is 12.4 Å². The van der Waals surface area contributed by atoms with Crippen LogP contribution in [0.5, 0.6) is 0 Å². The zero-order valence-electron chi connectivity index (χ0n) is 17.0. The van der Waals surface area contributed by atoms with Crippen molar-refractivity contribution in [2.75, 3.05) is 19.6 Å². The summed E-state index contributed by atoms with van der Waals surface area (Å²) < 4.78 is 0. The van der Waals surface area contributed by atoms with Crippen LogP contribution in [0.4, 0.5) is 0 Å². The molecule has 3 heterocycles. The van der Waals surface area contributed by atoms with Gasteiger partial charge in [0.2, 0.25) is 5.91 Å². The van der Waals surface area contributed by atoms with Crippen LogP contribution in [-0.2, 0) is 4.79 Å². The highest BCUT2D eigenvalue weighted by atomic mass is 16.2. The van der Waals surface area contributed by atoms with Crippen molar-refractivity contribution in [3.8, 4) is 0 Å². The molecule has 1 aliphatic carbocycles. The summed E-state index contributed by atoms with van der Waals surface area (Å²) in [6, 6.07) is 3.72. The van der Waals surface area contributed by atoms with Gasteiger partial charge in [0, 0.05) is 52.2 Å². The first kappa shape index (κ1) is 19.0. The van der Waals surface area contributed by atoms with E-state index >= 15 is 0 Å². The number of H-pyrrole nitrogens is 1. The molecular weight excluding hydrogens is 352 g/mol. The van der Waals surface area contributed by atoms with Gasteiger partial charge < -0.3 is 15.2 Å². The second-order valence-electron chi connectivity index (χ2n) is 9.74. The zero-order valence-corrected chi connectivity index (χ0v) is 17.0. The van der Waals surface area contributed by atoms with Gasteiger partial charge in [0.25, 0.3) is 5.91 Å². The van der Waals surface area contributed by atoms with Crippen molar-refractivity contribution >= 4 is 22.7 Å². The molecule has 2 amide bonds. The Kier molecular flexibility index (Phi) is 4.68. The van der Waals surface area contributed by atoms with Gasteiger partial charge in [-0.3, -0.25) is 14.6 Å². The van der Waals surface area contributed by atoms with E-state index in [2.05, 4.69) is 36.1 Å². The van der Waals surface area contributed by atoms with Gasteiger partial charge in [-0.1, -0.05) is 20.8 Å². The van der Waals surface area contributed by atoms with Gasteiger partial charge in [-0.25, -0.2) is 0 Å². The maximum absolute atomic E-state index is 12.5. The Balaban J connectivity index is 0.00000160. The molecule has 2 aromatic heterocycles. The summed E-state index contributed by atoms with van der Waals surface area (Å²) in [6.07, 6.45) is 7.36. The molecule has 2 aromatic rings. The van der Waals surface area contributed by atoms with Gasteiger partial charge in [-0.15, -0.1) is 0 Å². The Labute approximate surface area is 169 Å². The number of hydrogen-bond acceptors (Lipinski definition) is 3. The highest BCUT2D eigenvalue weighted by Gasteiger charge is 2.54. The third kappa shape index (κ3) is 3.91. The lowest BCUT2D eigenvalue weighted by Gasteiger charge is -2.34. The van der Waals surface area contributed by atoms with Gasteiger partial charge in [0.05, 0.1) is 0 Å². The monoisotopic (exact) mass is 386 g/mol. The fourth-order valence-corrected chi connectivity index (χ4v) is 4.51. The zero-order chi connectivity index (χ0) is 19.9. The summed E-state index contributed by atoms with van der Waals surface area (Å²) >= 11 is 0. The summed E-state index contributed by atoms with van der Waals surface area (Å²) in [5.74, 6) is 0.750. The molecule has 2 N–H and O–H groups in total. The second-order valence-corrected chi connectivity index (χ2v) is 9.74. The van der Waals surface area contributed by atoms with Crippen LogP contribution in [-0.4, -0.2) is 46.3 Å². The first-order valence-corrected chi connectivity index (χ1v) is 10.2. The van der Waals surface area contributed by atoms with Crippen molar-refractivity contribution in [1.29, 1.82) is 0 Å². The SMILES string of the molecule is CC(C)(C)CC(=O)N1CCC2(CC1)CC2CNC(=O)c1cc2cnccc2[nH]1.[HH].[HH]. The molecule has 1 spiro atoms. The Morgan fingerprint density at radius 3 is 2.79 bits per heavy atom. The fourth-order valence-electron chi connectivity index (χ4n) is 4.51. The molecule has 1 saturated heterocycles. The predicted molar refractivity (Wildman–Crippen MR) is 113 cm³/mol. The molecule has 1 atom stereocenters. The number of likely N-dealkylation sites (tertiary alicyclic amines) is 1. The molecular formula is C22H34N4O2. The van der Waals surface area contributed by atoms with E-state index in [0.29, 0.717) is 30.0 Å². The first-order chi connectivity index (χ1) is 13.3. The van der Waals surface area contributed by atoms with Crippen LogP contribution in [0.25, 0.3) is 10.9 Å². The number of amides is 2. The molecule has 0 aromatic carbocycles. The van der Waals surface area contributed by atoms with Gasteiger partial charge in [0.15, 0.2) is 0 Å². The second kappa shape index (κ2) is 6.90. The molecule has 6 nitrogen and oxygen atoms in total. The lowest BCUT2D eigenvalue weighted by molar-refractivity contribution is -0.134. The molecule has 0 bridgehead atoms. The molecule has 1 saturated carbocycles. The van der Waals surface area contributed by atoms with Crippen LogP contribution >= 0.6 is 0 Å². The lowest BCUT2D eigenvalue weighted by atomic mass is 9.88. The maximum Gasteiger partial charge on any atom is 0.267 e. The van der Waals surface area contributed by atoms with Crippen LogP contribution in [0.3, 0.4) is 0 Å². The Morgan fingerprint density at radius 1 is 1.36 bits per heavy atom. The van der Waals surface area contributed by atoms with Gasteiger partial charge in [-0.2, -0.15) is 0 Å². The number of carbonyl (C=O) groups excluding carboxylic acids is 2. The highest BCUT2D eigenvalue weighted by Crippen LogP contribution is 2.59. The van der Waals surface area contributed by atoms with Gasteiger partial charge in [-0.05, 0) is 48.1 Å². The Morgan fingerprint density at radius 2 is 2.11 bits per heavy atom. The molecule has 2 fully saturated rings. The van der Waals surface area contributed by atoms with E-state index in [0.717, 1.165) is 43.3 Å². The summed E-state index contributed by atoms with van der Waals surface area (Å²) in [7, 11) is 0. The van der Waals surface area contributed by atoms with Crippen LogP contribution in [0.15, 0.2) is 24.5 Å². The number of nitrogens with zero attached hydrogens (tertiary/aromatic N) is 2. The largest absolute Gasteiger partial charge is 0.350 e. The van der Waals surface area contributed by atoms with E-state index in [1.165, 1.54) is 0 Å². The van der Waals surface area contributed by atoms with Crippen molar-refractivity contribution < 1.29 is 12.4 Å². The summed E-state index contributed by atoms with van der Waals surface area (Å²) in [4.78, 5) is 34.2. The van der Waals surface area contributed by atoms with Crippen LogP contribution < -0.4 is 5.32 Å². The van der Waals surface area contributed by atoms with E-state index in [-0.39, 0.29) is 20.1 Å². The maximum atomic E-state index is 12.5. The molecule has 6 heteroatoms. The Hall–Kier alpha value is -2.37. The summed E-state index contributed by atoms with van der Waals surface area (Å²) in [5, 5.41) is 4.03. The van der Waals surface area contributed by atoms with E-state index in [1.807, 2.05) is 17.0 Å². The average molecular weight is 387 g/mol. The minimum atomic E-state index is -0.0592. The smallest absolute Gasteiger partial charge is 0.267 e. The quantitative estimate of drug-likeness (QED) is 0.838. The molecule has 0 radical (unpaired) electrons.